The lowest BCUT2D eigenvalue weighted by Crippen LogP contribution is -2.46. The Morgan fingerprint density at radius 3 is 2.04 bits per heavy atom. The summed E-state index contributed by atoms with van der Waals surface area (Å²) < 4.78 is 5.98. The van der Waals surface area contributed by atoms with Crippen LogP contribution < -0.4 is 0 Å². The van der Waals surface area contributed by atoms with Crippen molar-refractivity contribution in [1.29, 1.82) is 0 Å². The molecule has 1 saturated carbocycles. The van der Waals surface area contributed by atoms with Gasteiger partial charge in [0.2, 0.25) is 5.91 Å². The van der Waals surface area contributed by atoms with Crippen molar-refractivity contribution in [2.24, 2.45) is 5.92 Å². The molecule has 0 radical (unpaired) electrons. The molecule has 130 valence electrons. The van der Waals surface area contributed by atoms with Crippen molar-refractivity contribution in [3.05, 3.63) is 69.7 Å². The van der Waals surface area contributed by atoms with E-state index in [-0.39, 0.29) is 24.7 Å². The highest BCUT2D eigenvalue weighted by molar-refractivity contribution is 6.30. The molecule has 0 bridgehead atoms. The normalized spacial score (nSPS) is 23.8. The zero-order valence-corrected chi connectivity index (χ0v) is 15.2. The number of morpholine rings is 1. The summed E-state index contributed by atoms with van der Waals surface area (Å²) in [5.74, 6) is 0.666. The monoisotopic (exact) mass is 375 g/mol. The van der Waals surface area contributed by atoms with Crippen molar-refractivity contribution >= 4 is 29.1 Å². The van der Waals surface area contributed by atoms with Crippen molar-refractivity contribution in [2.75, 3.05) is 13.2 Å². The molecule has 0 unspecified atom stereocenters. The van der Waals surface area contributed by atoms with Gasteiger partial charge in [-0.05, 0) is 54.2 Å². The Labute approximate surface area is 157 Å². The number of hydrogen-bond acceptors (Lipinski definition) is 2. The summed E-state index contributed by atoms with van der Waals surface area (Å²) in [6.45, 7) is 0.906. The summed E-state index contributed by atoms with van der Waals surface area (Å²) in [5, 5.41) is 1.37. The second-order valence-corrected chi connectivity index (χ2v) is 7.64. The number of halogens is 2. The van der Waals surface area contributed by atoms with Gasteiger partial charge in [-0.3, -0.25) is 4.79 Å². The van der Waals surface area contributed by atoms with E-state index < -0.39 is 0 Å². The first-order valence-electron chi connectivity index (χ1n) is 8.54. The molecule has 2 atom stereocenters. The average Bonchev–Trinajstić information content (AvgIpc) is 3.43. The van der Waals surface area contributed by atoms with E-state index in [1.54, 1.807) is 0 Å². The van der Waals surface area contributed by atoms with Crippen LogP contribution in [0.3, 0.4) is 0 Å². The van der Waals surface area contributed by atoms with E-state index >= 15 is 0 Å². The van der Waals surface area contributed by atoms with Gasteiger partial charge in [0.1, 0.15) is 12.7 Å². The minimum Gasteiger partial charge on any atom is -0.361 e. The van der Waals surface area contributed by atoms with Gasteiger partial charge in [-0.1, -0.05) is 47.5 Å². The second kappa shape index (κ2) is 6.99. The Morgan fingerprint density at radius 2 is 1.48 bits per heavy atom. The predicted molar refractivity (Wildman–Crippen MR) is 98.8 cm³/mol. The van der Waals surface area contributed by atoms with Crippen LogP contribution in [-0.4, -0.2) is 24.0 Å². The molecular weight excluding hydrogens is 357 g/mol. The van der Waals surface area contributed by atoms with Crippen LogP contribution in [0.1, 0.15) is 36.1 Å². The topological polar surface area (TPSA) is 29.5 Å². The fourth-order valence-corrected chi connectivity index (χ4v) is 3.65. The summed E-state index contributed by atoms with van der Waals surface area (Å²) in [7, 11) is 0. The van der Waals surface area contributed by atoms with Gasteiger partial charge in [0.25, 0.3) is 0 Å². The number of amides is 1. The van der Waals surface area contributed by atoms with Gasteiger partial charge < -0.3 is 9.64 Å². The molecule has 1 aliphatic carbocycles. The van der Waals surface area contributed by atoms with E-state index in [0.717, 1.165) is 17.7 Å². The molecular formula is C20H19Cl2NO2. The van der Waals surface area contributed by atoms with E-state index in [1.165, 1.54) is 12.8 Å². The average molecular weight is 376 g/mol. The Balaban J connectivity index is 1.73. The van der Waals surface area contributed by atoms with E-state index in [0.29, 0.717) is 16.0 Å². The van der Waals surface area contributed by atoms with Crippen molar-refractivity contribution in [2.45, 2.75) is 25.0 Å². The van der Waals surface area contributed by atoms with Crippen LogP contribution in [0.25, 0.3) is 0 Å². The molecule has 25 heavy (non-hydrogen) atoms. The van der Waals surface area contributed by atoms with Gasteiger partial charge in [0.05, 0.1) is 6.04 Å². The number of ether oxygens (including phenoxy) is 1. The smallest absolute Gasteiger partial charge is 0.249 e. The summed E-state index contributed by atoms with van der Waals surface area (Å²) in [5.41, 5.74) is 2.07. The molecule has 1 aliphatic heterocycles. The van der Waals surface area contributed by atoms with Gasteiger partial charge in [-0.15, -0.1) is 0 Å². The third-order valence-electron chi connectivity index (χ3n) is 4.89. The second-order valence-electron chi connectivity index (χ2n) is 6.77. The van der Waals surface area contributed by atoms with Crippen LogP contribution in [-0.2, 0) is 9.53 Å². The summed E-state index contributed by atoms with van der Waals surface area (Å²) in [4.78, 5) is 14.6. The maximum absolute atomic E-state index is 12.6. The van der Waals surface area contributed by atoms with Crippen molar-refractivity contribution in [3.8, 4) is 0 Å². The van der Waals surface area contributed by atoms with Gasteiger partial charge >= 0.3 is 0 Å². The Hall–Kier alpha value is -1.55. The molecule has 1 saturated heterocycles. The molecule has 1 amide bonds. The minimum atomic E-state index is -0.213. The SMILES string of the molecule is O=C1CO[C@H](c2ccc(Cl)cc2)[C@H](c2ccc(Cl)cc2)N1CC1CC1. The van der Waals surface area contributed by atoms with E-state index in [1.807, 2.05) is 53.4 Å². The number of carbonyl (C=O) groups is 1. The molecule has 4 rings (SSSR count). The van der Waals surface area contributed by atoms with Crippen LogP contribution >= 0.6 is 23.2 Å². The molecule has 5 heteroatoms. The van der Waals surface area contributed by atoms with Crippen LogP contribution in [0.2, 0.25) is 10.0 Å². The first-order chi connectivity index (χ1) is 12.1. The predicted octanol–water partition coefficient (Wildman–Crippen LogP) is 5.04. The van der Waals surface area contributed by atoms with E-state index in [2.05, 4.69) is 0 Å². The molecule has 1 heterocycles. The minimum absolute atomic E-state index is 0.0528. The molecule has 2 fully saturated rings. The lowest BCUT2D eigenvalue weighted by Gasteiger charge is -2.41. The van der Waals surface area contributed by atoms with Gasteiger partial charge in [-0.25, -0.2) is 0 Å². The Bertz CT molecular complexity index is 756. The molecule has 2 aromatic carbocycles. The highest BCUT2D eigenvalue weighted by atomic mass is 35.5. The third-order valence-corrected chi connectivity index (χ3v) is 5.40. The Morgan fingerprint density at radius 1 is 0.920 bits per heavy atom. The standard InChI is InChI=1S/C20H19Cl2NO2/c21-16-7-3-14(4-8-16)19-20(15-5-9-17(22)10-6-15)25-12-18(24)23(19)11-13-1-2-13/h3-10,13,19-20H,1-2,11-12H2/t19-,20+/m0/s1. The molecule has 0 aromatic heterocycles. The highest BCUT2D eigenvalue weighted by Crippen LogP contribution is 2.43. The maximum Gasteiger partial charge on any atom is 0.249 e. The zero-order chi connectivity index (χ0) is 17.4. The van der Waals surface area contributed by atoms with Crippen LogP contribution in [0.4, 0.5) is 0 Å². The molecule has 2 aliphatic rings. The van der Waals surface area contributed by atoms with Crippen LogP contribution in [0.5, 0.6) is 0 Å². The first-order valence-corrected chi connectivity index (χ1v) is 9.29. The fraction of sp³-hybridized carbons (Fsp3) is 0.350. The number of rotatable bonds is 4. The maximum atomic E-state index is 12.6. The first kappa shape index (κ1) is 16.9. The van der Waals surface area contributed by atoms with Crippen LogP contribution in [0, 0.1) is 5.92 Å². The fourth-order valence-electron chi connectivity index (χ4n) is 3.39. The summed E-state index contributed by atoms with van der Waals surface area (Å²) >= 11 is 12.1. The lowest BCUT2D eigenvalue weighted by atomic mass is 9.92. The number of hydrogen-bond donors (Lipinski definition) is 0. The largest absolute Gasteiger partial charge is 0.361 e. The number of carbonyl (C=O) groups excluding carboxylic acids is 1. The quantitative estimate of drug-likeness (QED) is 0.748. The third kappa shape index (κ3) is 3.69. The molecule has 3 nitrogen and oxygen atoms in total. The van der Waals surface area contributed by atoms with Crippen LogP contribution in [0.15, 0.2) is 48.5 Å². The summed E-state index contributed by atoms with van der Waals surface area (Å²) in [6.07, 6.45) is 2.18. The molecule has 0 spiro atoms. The van der Waals surface area contributed by atoms with Crippen molar-refractivity contribution in [3.63, 3.8) is 0 Å². The molecule has 2 aromatic rings. The lowest BCUT2D eigenvalue weighted by molar-refractivity contribution is -0.159. The van der Waals surface area contributed by atoms with E-state index in [9.17, 15) is 4.79 Å². The van der Waals surface area contributed by atoms with Gasteiger partial charge in [0, 0.05) is 16.6 Å². The van der Waals surface area contributed by atoms with Gasteiger partial charge in [-0.2, -0.15) is 0 Å². The highest BCUT2D eigenvalue weighted by Gasteiger charge is 2.40. The zero-order valence-electron chi connectivity index (χ0n) is 13.7. The summed E-state index contributed by atoms with van der Waals surface area (Å²) in [6, 6.07) is 15.2. The Kier molecular flexibility index (Phi) is 4.72. The molecule has 0 N–H and O–H groups in total. The van der Waals surface area contributed by atoms with E-state index in [4.69, 9.17) is 27.9 Å². The van der Waals surface area contributed by atoms with Crippen molar-refractivity contribution in [1.82, 2.24) is 4.90 Å². The number of nitrogens with zero attached hydrogens (tertiary/aromatic N) is 1. The van der Waals surface area contributed by atoms with Gasteiger partial charge in [0.15, 0.2) is 0 Å². The number of benzene rings is 2. The van der Waals surface area contributed by atoms with Crippen molar-refractivity contribution < 1.29 is 9.53 Å².